The number of alkyl halides is 3. The van der Waals surface area contributed by atoms with Crippen molar-refractivity contribution in [2.75, 3.05) is 0 Å². The Kier molecular flexibility index (Phi) is 5.67. The molecule has 0 aliphatic carbocycles. The van der Waals surface area contributed by atoms with Crippen molar-refractivity contribution < 1.29 is 26.0 Å². The molecule has 134 valence electrons. The first-order chi connectivity index (χ1) is 11.7. The van der Waals surface area contributed by atoms with Crippen molar-refractivity contribution in [3.63, 3.8) is 0 Å². The smallest absolute Gasteiger partial charge is 0.223 e. The van der Waals surface area contributed by atoms with Gasteiger partial charge in [0.15, 0.2) is 9.84 Å². The summed E-state index contributed by atoms with van der Waals surface area (Å²) in [7, 11) is -4.11. The third kappa shape index (κ3) is 4.48. The van der Waals surface area contributed by atoms with Crippen molar-refractivity contribution in [3.05, 3.63) is 78.1 Å². The van der Waals surface area contributed by atoms with Crippen molar-refractivity contribution in [1.82, 2.24) is 0 Å². The van der Waals surface area contributed by atoms with Gasteiger partial charge in [-0.3, -0.25) is 0 Å². The molecular weight excluding hydrogens is 356 g/mol. The zero-order valence-electron chi connectivity index (χ0n) is 13.1. The zero-order chi connectivity index (χ0) is 18.7. The SMILES string of the molecule is C=CC(CCc1ccccc1)S(=O)(=O)c1ccc(F)c(C(F)(F)F)c1. The van der Waals surface area contributed by atoms with Gasteiger partial charge in [-0.1, -0.05) is 36.4 Å². The van der Waals surface area contributed by atoms with Crippen LogP contribution in [-0.2, 0) is 22.4 Å². The van der Waals surface area contributed by atoms with Crippen LogP contribution in [0.3, 0.4) is 0 Å². The standard InChI is InChI=1S/C18H16F4O2S/c1-2-14(9-8-13-6-4-3-5-7-13)25(23,24)15-10-11-17(19)16(12-15)18(20,21)22/h2-7,10-12,14H,1,8-9H2. The molecule has 0 N–H and O–H groups in total. The van der Waals surface area contributed by atoms with Crippen LogP contribution in [-0.4, -0.2) is 13.7 Å². The minimum absolute atomic E-state index is 0.161. The first kappa shape index (κ1) is 19.2. The molecule has 0 heterocycles. The predicted molar refractivity (Wildman–Crippen MR) is 87.3 cm³/mol. The van der Waals surface area contributed by atoms with E-state index in [0.29, 0.717) is 18.6 Å². The highest BCUT2D eigenvalue weighted by atomic mass is 32.2. The first-order valence-corrected chi connectivity index (χ1v) is 8.98. The molecule has 2 rings (SSSR count). The topological polar surface area (TPSA) is 34.1 Å². The van der Waals surface area contributed by atoms with E-state index in [9.17, 15) is 26.0 Å². The van der Waals surface area contributed by atoms with Crippen LogP contribution in [0.1, 0.15) is 17.5 Å². The van der Waals surface area contributed by atoms with Crippen LogP contribution in [0.5, 0.6) is 0 Å². The van der Waals surface area contributed by atoms with Gasteiger partial charge in [-0.05, 0) is 36.6 Å². The molecule has 0 spiro atoms. The lowest BCUT2D eigenvalue weighted by Gasteiger charge is -2.16. The molecule has 7 heteroatoms. The van der Waals surface area contributed by atoms with Crippen LogP contribution < -0.4 is 0 Å². The first-order valence-electron chi connectivity index (χ1n) is 7.43. The summed E-state index contributed by atoms with van der Waals surface area (Å²) in [5.41, 5.74) is -0.695. The van der Waals surface area contributed by atoms with Gasteiger partial charge in [0.1, 0.15) is 5.82 Å². The molecule has 1 unspecified atom stereocenters. The lowest BCUT2D eigenvalue weighted by atomic mass is 10.1. The Labute approximate surface area is 143 Å². The summed E-state index contributed by atoms with van der Waals surface area (Å²) in [6, 6.07) is 10.8. The molecule has 0 amide bonds. The van der Waals surface area contributed by atoms with Crippen LogP contribution >= 0.6 is 0 Å². The second kappa shape index (κ2) is 7.39. The molecule has 0 saturated heterocycles. The molecule has 0 aromatic heterocycles. The van der Waals surface area contributed by atoms with Gasteiger partial charge in [0.05, 0.1) is 15.7 Å². The molecule has 25 heavy (non-hydrogen) atoms. The molecule has 0 radical (unpaired) electrons. The van der Waals surface area contributed by atoms with E-state index in [0.717, 1.165) is 11.6 Å². The van der Waals surface area contributed by atoms with Crippen molar-refractivity contribution in [2.24, 2.45) is 0 Å². The summed E-state index contributed by atoms with van der Waals surface area (Å²) < 4.78 is 77.0. The number of hydrogen-bond donors (Lipinski definition) is 0. The zero-order valence-corrected chi connectivity index (χ0v) is 13.9. The minimum Gasteiger partial charge on any atom is -0.223 e. The van der Waals surface area contributed by atoms with Crippen LogP contribution in [0.25, 0.3) is 0 Å². The molecule has 0 fully saturated rings. The van der Waals surface area contributed by atoms with E-state index in [1.54, 1.807) is 0 Å². The highest BCUT2D eigenvalue weighted by Gasteiger charge is 2.36. The Bertz CT molecular complexity index is 843. The minimum atomic E-state index is -4.97. The van der Waals surface area contributed by atoms with Crippen molar-refractivity contribution in [3.8, 4) is 0 Å². The summed E-state index contributed by atoms with van der Waals surface area (Å²) in [5, 5.41) is -1.07. The third-order valence-electron chi connectivity index (χ3n) is 3.79. The van der Waals surface area contributed by atoms with E-state index in [4.69, 9.17) is 0 Å². The molecule has 0 aliphatic heterocycles. The fourth-order valence-corrected chi connectivity index (χ4v) is 4.00. The van der Waals surface area contributed by atoms with Gasteiger partial charge >= 0.3 is 6.18 Å². The molecule has 2 aromatic rings. The van der Waals surface area contributed by atoms with Crippen LogP contribution in [0.4, 0.5) is 17.6 Å². The van der Waals surface area contributed by atoms with Crippen molar-refractivity contribution in [2.45, 2.75) is 29.2 Å². The fourth-order valence-electron chi connectivity index (χ4n) is 2.43. The number of hydrogen-bond acceptors (Lipinski definition) is 2. The number of aryl methyl sites for hydroxylation is 1. The Morgan fingerprint density at radius 1 is 1.08 bits per heavy atom. The monoisotopic (exact) mass is 372 g/mol. The van der Waals surface area contributed by atoms with E-state index < -0.39 is 37.5 Å². The highest BCUT2D eigenvalue weighted by Crippen LogP contribution is 2.33. The van der Waals surface area contributed by atoms with E-state index in [-0.39, 0.29) is 6.42 Å². The van der Waals surface area contributed by atoms with E-state index in [1.165, 1.54) is 6.08 Å². The van der Waals surface area contributed by atoms with Gasteiger partial charge in [-0.15, -0.1) is 6.58 Å². The van der Waals surface area contributed by atoms with Crippen molar-refractivity contribution in [1.29, 1.82) is 0 Å². The Balaban J connectivity index is 2.31. The van der Waals surface area contributed by atoms with Crippen LogP contribution in [0, 0.1) is 5.82 Å². The summed E-state index contributed by atoms with van der Waals surface area (Å²) in [6.07, 6.45) is -3.20. The molecule has 0 saturated carbocycles. The largest absolute Gasteiger partial charge is 0.419 e. The Hall–Kier alpha value is -2.15. The molecule has 0 aliphatic rings. The molecule has 2 aromatic carbocycles. The average molecular weight is 372 g/mol. The van der Waals surface area contributed by atoms with Crippen LogP contribution in [0.15, 0.2) is 66.1 Å². The molecular formula is C18H16F4O2S. The van der Waals surface area contributed by atoms with Gasteiger partial charge < -0.3 is 0 Å². The van der Waals surface area contributed by atoms with E-state index in [1.807, 2.05) is 30.3 Å². The average Bonchev–Trinajstić information content (AvgIpc) is 2.55. The van der Waals surface area contributed by atoms with E-state index in [2.05, 4.69) is 6.58 Å². The number of sulfone groups is 1. The molecule has 1 atom stereocenters. The lowest BCUT2D eigenvalue weighted by Crippen LogP contribution is -2.21. The second-order valence-electron chi connectivity index (χ2n) is 5.48. The van der Waals surface area contributed by atoms with Gasteiger partial charge in [-0.25, -0.2) is 12.8 Å². The third-order valence-corrected chi connectivity index (χ3v) is 5.93. The molecule has 2 nitrogen and oxygen atoms in total. The highest BCUT2D eigenvalue weighted by molar-refractivity contribution is 7.92. The maximum atomic E-state index is 13.4. The molecule has 0 bridgehead atoms. The summed E-state index contributed by atoms with van der Waals surface area (Å²) in [4.78, 5) is -0.570. The fraction of sp³-hybridized carbons (Fsp3) is 0.222. The number of halogens is 4. The Morgan fingerprint density at radius 2 is 1.72 bits per heavy atom. The van der Waals surface area contributed by atoms with Gasteiger partial charge in [-0.2, -0.15) is 13.2 Å². The van der Waals surface area contributed by atoms with Crippen molar-refractivity contribution >= 4 is 9.84 Å². The quantitative estimate of drug-likeness (QED) is 0.414. The van der Waals surface area contributed by atoms with E-state index >= 15 is 0 Å². The lowest BCUT2D eigenvalue weighted by molar-refractivity contribution is -0.140. The Morgan fingerprint density at radius 3 is 2.28 bits per heavy atom. The van der Waals surface area contributed by atoms with Gasteiger partial charge in [0.2, 0.25) is 0 Å². The maximum Gasteiger partial charge on any atom is 0.419 e. The summed E-state index contributed by atoms with van der Waals surface area (Å²) >= 11 is 0. The number of benzene rings is 2. The van der Waals surface area contributed by atoms with Crippen LogP contribution in [0.2, 0.25) is 0 Å². The summed E-state index contributed by atoms with van der Waals surface area (Å²) in [6.45, 7) is 3.48. The second-order valence-corrected chi connectivity index (χ2v) is 7.65. The maximum absolute atomic E-state index is 13.4. The normalized spacial score (nSPS) is 13.4. The number of rotatable bonds is 6. The summed E-state index contributed by atoms with van der Waals surface area (Å²) in [5.74, 6) is -1.51. The predicted octanol–water partition coefficient (Wildman–Crippen LogP) is 4.81. The van der Waals surface area contributed by atoms with Gasteiger partial charge in [0, 0.05) is 0 Å². The van der Waals surface area contributed by atoms with Gasteiger partial charge in [0.25, 0.3) is 0 Å².